The quantitative estimate of drug-likeness (QED) is 0.843. The van der Waals surface area contributed by atoms with E-state index < -0.39 is 11.7 Å². The van der Waals surface area contributed by atoms with Gasteiger partial charge in [-0.05, 0) is 24.1 Å². The first-order valence-corrected chi connectivity index (χ1v) is 6.77. The number of halogens is 3. The van der Waals surface area contributed by atoms with Gasteiger partial charge in [-0.1, -0.05) is 41.4 Å². The molecule has 0 aliphatic rings. The van der Waals surface area contributed by atoms with Crippen LogP contribution in [-0.4, -0.2) is 17.3 Å². The summed E-state index contributed by atoms with van der Waals surface area (Å²) in [5.41, 5.74) is 0.0148. The SMILES string of the molecule is CC(C)C(CBr)NC(=O)c1ccc(Cl)cc1F. The Morgan fingerprint density at radius 3 is 2.65 bits per heavy atom. The molecule has 0 spiro atoms. The molecule has 0 aromatic heterocycles. The molecule has 1 aromatic carbocycles. The Bertz CT molecular complexity index is 411. The molecule has 0 aliphatic carbocycles. The van der Waals surface area contributed by atoms with Crippen LogP contribution in [0.2, 0.25) is 5.02 Å². The monoisotopic (exact) mass is 321 g/mol. The summed E-state index contributed by atoms with van der Waals surface area (Å²) in [5, 5.41) is 3.68. The summed E-state index contributed by atoms with van der Waals surface area (Å²) in [6, 6.07) is 3.99. The molecule has 0 bridgehead atoms. The molecular formula is C12H14BrClFNO. The van der Waals surface area contributed by atoms with Gasteiger partial charge in [-0.2, -0.15) is 0 Å². The van der Waals surface area contributed by atoms with E-state index in [4.69, 9.17) is 11.6 Å². The second-order valence-corrected chi connectivity index (χ2v) is 5.19. The van der Waals surface area contributed by atoms with Crippen molar-refractivity contribution >= 4 is 33.4 Å². The molecule has 0 aliphatic heterocycles. The minimum Gasteiger partial charge on any atom is -0.348 e. The number of carbonyl (C=O) groups excluding carboxylic acids is 1. The normalized spacial score (nSPS) is 12.6. The highest BCUT2D eigenvalue weighted by atomic mass is 79.9. The lowest BCUT2D eigenvalue weighted by Crippen LogP contribution is -2.40. The molecule has 1 atom stereocenters. The second kappa shape index (κ2) is 6.36. The zero-order chi connectivity index (χ0) is 13.0. The Morgan fingerprint density at radius 2 is 2.18 bits per heavy atom. The van der Waals surface area contributed by atoms with Crippen LogP contribution in [-0.2, 0) is 0 Å². The maximum Gasteiger partial charge on any atom is 0.254 e. The van der Waals surface area contributed by atoms with E-state index in [1.807, 2.05) is 13.8 Å². The minimum atomic E-state index is -0.605. The van der Waals surface area contributed by atoms with Crippen molar-refractivity contribution in [3.8, 4) is 0 Å². The van der Waals surface area contributed by atoms with Gasteiger partial charge in [0.2, 0.25) is 0 Å². The molecule has 0 radical (unpaired) electrons. The van der Waals surface area contributed by atoms with Gasteiger partial charge in [-0.3, -0.25) is 4.79 Å². The van der Waals surface area contributed by atoms with Crippen molar-refractivity contribution in [3.05, 3.63) is 34.6 Å². The lowest BCUT2D eigenvalue weighted by molar-refractivity contribution is 0.0927. The molecule has 94 valence electrons. The molecule has 0 saturated carbocycles. The summed E-state index contributed by atoms with van der Waals surface area (Å²) in [6.45, 7) is 3.98. The Morgan fingerprint density at radius 1 is 1.53 bits per heavy atom. The lowest BCUT2D eigenvalue weighted by atomic mass is 10.1. The fourth-order valence-corrected chi connectivity index (χ4v) is 2.37. The number of benzene rings is 1. The van der Waals surface area contributed by atoms with E-state index in [0.717, 1.165) is 6.07 Å². The van der Waals surface area contributed by atoms with Crippen LogP contribution in [0.15, 0.2) is 18.2 Å². The molecule has 1 amide bonds. The molecule has 0 heterocycles. The highest BCUT2D eigenvalue weighted by Crippen LogP contribution is 2.15. The smallest absolute Gasteiger partial charge is 0.254 e. The van der Waals surface area contributed by atoms with Gasteiger partial charge in [0.25, 0.3) is 5.91 Å². The number of carbonyl (C=O) groups is 1. The van der Waals surface area contributed by atoms with Gasteiger partial charge in [0.1, 0.15) is 5.82 Å². The first-order chi connectivity index (χ1) is 7.95. The van der Waals surface area contributed by atoms with Crippen LogP contribution in [0.25, 0.3) is 0 Å². The maximum absolute atomic E-state index is 13.5. The topological polar surface area (TPSA) is 29.1 Å². The number of amides is 1. The maximum atomic E-state index is 13.5. The number of alkyl halides is 1. The second-order valence-electron chi connectivity index (χ2n) is 4.10. The fourth-order valence-electron chi connectivity index (χ4n) is 1.30. The number of hydrogen-bond donors (Lipinski definition) is 1. The predicted octanol–water partition coefficient (Wildman–Crippen LogP) is 3.63. The average molecular weight is 323 g/mol. The molecule has 5 heteroatoms. The van der Waals surface area contributed by atoms with Gasteiger partial charge >= 0.3 is 0 Å². The highest BCUT2D eigenvalue weighted by Gasteiger charge is 2.18. The molecular weight excluding hydrogens is 308 g/mol. The standard InChI is InChI=1S/C12H14BrClFNO/c1-7(2)11(6-13)16-12(17)9-4-3-8(14)5-10(9)15/h3-5,7,11H,6H2,1-2H3,(H,16,17). The molecule has 1 aromatic rings. The fraction of sp³-hybridized carbons (Fsp3) is 0.417. The van der Waals surface area contributed by atoms with E-state index in [1.54, 1.807) is 0 Å². The van der Waals surface area contributed by atoms with E-state index in [9.17, 15) is 9.18 Å². The van der Waals surface area contributed by atoms with Crippen LogP contribution in [0.3, 0.4) is 0 Å². The van der Waals surface area contributed by atoms with Crippen LogP contribution in [0.1, 0.15) is 24.2 Å². The lowest BCUT2D eigenvalue weighted by Gasteiger charge is -2.20. The largest absolute Gasteiger partial charge is 0.348 e. The Kier molecular flexibility index (Phi) is 5.40. The number of nitrogens with one attached hydrogen (secondary N) is 1. The summed E-state index contributed by atoms with van der Waals surface area (Å²) in [7, 11) is 0. The highest BCUT2D eigenvalue weighted by molar-refractivity contribution is 9.09. The third kappa shape index (κ3) is 3.96. The Balaban J connectivity index is 2.82. The van der Waals surface area contributed by atoms with Crippen molar-refractivity contribution in [2.24, 2.45) is 5.92 Å². The predicted molar refractivity (Wildman–Crippen MR) is 71.3 cm³/mol. The van der Waals surface area contributed by atoms with Crippen LogP contribution < -0.4 is 5.32 Å². The summed E-state index contributed by atoms with van der Waals surface area (Å²) < 4.78 is 13.5. The molecule has 1 N–H and O–H groups in total. The first-order valence-electron chi connectivity index (χ1n) is 5.27. The van der Waals surface area contributed by atoms with Crippen LogP contribution in [0.5, 0.6) is 0 Å². The molecule has 17 heavy (non-hydrogen) atoms. The van der Waals surface area contributed by atoms with Crippen molar-refractivity contribution in [1.82, 2.24) is 5.32 Å². The summed E-state index contributed by atoms with van der Waals surface area (Å²) in [6.07, 6.45) is 0. The van der Waals surface area contributed by atoms with E-state index in [2.05, 4.69) is 21.2 Å². The molecule has 0 saturated heterocycles. The van der Waals surface area contributed by atoms with Crippen molar-refractivity contribution in [3.63, 3.8) is 0 Å². The molecule has 2 nitrogen and oxygen atoms in total. The van der Waals surface area contributed by atoms with Crippen LogP contribution >= 0.6 is 27.5 Å². The van der Waals surface area contributed by atoms with Crippen molar-refractivity contribution in [2.45, 2.75) is 19.9 Å². The van der Waals surface area contributed by atoms with Crippen LogP contribution in [0, 0.1) is 11.7 Å². The average Bonchev–Trinajstić information content (AvgIpc) is 2.24. The first kappa shape index (κ1) is 14.5. The third-order valence-electron chi connectivity index (χ3n) is 2.46. The van der Waals surface area contributed by atoms with Gasteiger partial charge in [0.15, 0.2) is 0 Å². The van der Waals surface area contributed by atoms with Crippen molar-refractivity contribution in [1.29, 1.82) is 0 Å². The minimum absolute atomic E-state index is 0.0148. The van der Waals surface area contributed by atoms with Gasteiger partial charge < -0.3 is 5.32 Å². The van der Waals surface area contributed by atoms with E-state index >= 15 is 0 Å². The number of hydrogen-bond acceptors (Lipinski definition) is 1. The molecule has 0 fully saturated rings. The van der Waals surface area contributed by atoms with E-state index in [0.29, 0.717) is 5.33 Å². The zero-order valence-electron chi connectivity index (χ0n) is 9.64. The van der Waals surface area contributed by atoms with Gasteiger partial charge in [-0.25, -0.2) is 4.39 Å². The van der Waals surface area contributed by atoms with Crippen LogP contribution in [0.4, 0.5) is 4.39 Å². The Labute approximate surface area is 114 Å². The van der Waals surface area contributed by atoms with Gasteiger partial charge in [-0.15, -0.1) is 0 Å². The van der Waals surface area contributed by atoms with Gasteiger partial charge in [0, 0.05) is 16.4 Å². The summed E-state index contributed by atoms with van der Waals surface area (Å²) >= 11 is 8.94. The summed E-state index contributed by atoms with van der Waals surface area (Å²) in [5.74, 6) is -0.752. The molecule has 1 unspecified atom stereocenters. The number of rotatable bonds is 4. The van der Waals surface area contributed by atoms with E-state index in [-0.39, 0.29) is 22.5 Å². The van der Waals surface area contributed by atoms with Crippen molar-refractivity contribution in [2.75, 3.05) is 5.33 Å². The third-order valence-corrected chi connectivity index (χ3v) is 3.40. The summed E-state index contributed by atoms with van der Waals surface area (Å²) in [4.78, 5) is 11.8. The molecule has 1 rings (SSSR count). The Hall–Kier alpha value is -0.610. The van der Waals surface area contributed by atoms with E-state index in [1.165, 1.54) is 12.1 Å². The zero-order valence-corrected chi connectivity index (χ0v) is 12.0. The van der Waals surface area contributed by atoms with Gasteiger partial charge in [0.05, 0.1) is 5.56 Å². The van der Waals surface area contributed by atoms with Crippen molar-refractivity contribution < 1.29 is 9.18 Å².